The van der Waals surface area contributed by atoms with Crippen LogP contribution in [0, 0.1) is 0 Å². The number of hydrogen-bond donors (Lipinski definition) is 1. The van der Waals surface area contributed by atoms with E-state index in [1.165, 1.54) is 14.2 Å². The second-order valence-corrected chi connectivity index (χ2v) is 9.40. The normalized spacial score (nSPS) is 12.5. The van der Waals surface area contributed by atoms with E-state index in [0.717, 1.165) is 23.3 Å². The van der Waals surface area contributed by atoms with Crippen LogP contribution < -0.4 is 14.2 Å². The third-order valence-corrected chi connectivity index (χ3v) is 6.75. The minimum Gasteiger partial charge on any atom is -0.495 e. The van der Waals surface area contributed by atoms with E-state index in [-0.39, 0.29) is 5.75 Å². The van der Waals surface area contributed by atoms with Crippen molar-refractivity contribution in [1.29, 1.82) is 0 Å². The number of nitrogens with one attached hydrogen (secondary N) is 1. The Bertz CT molecular complexity index is 1260. The first-order valence-electron chi connectivity index (χ1n) is 9.77. The van der Waals surface area contributed by atoms with Crippen LogP contribution in [0.2, 0.25) is 0 Å². The van der Waals surface area contributed by atoms with Crippen molar-refractivity contribution in [2.75, 3.05) is 14.2 Å². The molecule has 2 aromatic carbocycles. The summed E-state index contributed by atoms with van der Waals surface area (Å²) in [6.45, 7) is 3.24. The van der Waals surface area contributed by atoms with Gasteiger partial charge < -0.3 is 9.47 Å². The average Bonchev–Trinajstić information content (AvgIpc) is 2.77. The molecule has 33 heavy (non-hydrogen) atoms. The third kappa shape index (κ3) is 5.28. The summed E-state index contributed by atoms with van der Waals surface area (Å²) in [7, 11) is -1.68. The molecular weight excluding hydrogens is 457 g/mol. The molecule has 1 aromatic heterocycles. The molecule has 0 aliphatic rings. The summed E-state index contributed by atoms with van der Waals surface area (Å²) < 4.78 is 78.7. The maximum Gasteiger partial charge on any atom is 0.416 e. The predicted octanol–water partition coefficient (Wildman–Crippen LogP) is 5.00. The van der Waals surface area contributed by atoms with Gasteiger partial charge in [-0.25, -0.2) is 13.1 Å². The van der Waals surface area contributed by atoms with Crippen LogP contribution >= 0.6 is 0 Å². The van der Waals surface area contributed by atoms with Crippen molar-refractivity contribution < 1.29 is 31.1 Å². The van der Waals surface area contributed by atoms with Crippen molar-refractivity contribution >= 4 is 10.0 Å². The zero-order valence-electron chi connectivity index (χ0n) is 18.4. The Morgan fingerprint density at radius 3 is 2.24 bits per heavy atom. The number of alkyl halides is 3. The first-order valence-corrected chi connectivity index (χ1v) is 11.3. The minimum absolute atomic E-state index is 0.193. The van der Waals surface area contributed by atoms with Gasteiger partial charge in [-0.05, 0) is 55.3 Å². The van der Waals surface area contributed by atoms with Gasteiger partial charge in [0, 0.05) is 11.8 Å². The van der Waals surface area contributed by atoms with Crippen LogP contribution in [0.4, 0.5) is 13.2 Å². The topological polar surface area (TPSA) is 77.5 Å². The third-order valence-electron chi connectivity index (χ3n) is 5.07. The van der Waals surface area contributed by atoms with Crippen LogP contribution in [0.15, 0.2) is 65.8 Å². The van der Waals surface area contributed by atoms with Crippen LogP contribution in [0.1, 0.15) is 25.0 Å². The number of methoxy groups -OCH3 is 2. The Hall–Kier alpha value is -3.11. The van der Waals surface area contributed by atoms with Gasteiger partial charge in [0.2, 0.25) is 10.0 Å². The molecule has 0 aliphatic heterocycles. The molecule has 0 spiro atoms. The maximum atomic E-state index is 13.2. The summed E-state index contributed by atoms with van der Waals surface area (Å²) in [6, 6.07) is 11.2. The van der Waals surface area contributed by atoms with Gasteiger partial charge in [0.1, 0.15) is 16.4 Å². The second-order valence-electron chi connectivity index (χ2n) is 7.75. The lowest BCUT2D eigenvalue weighted by Gasteiger charge is -2.28. The summed E-state index contributed by atoms with van der Waals surface area (Å²) in [5.41, 5.74) is -0.154. The van der Waals surface area contributed by atoms with Crippen LogP contribution in [-0.2, 0) is 21.7 Å². The van der Waals surface area contributed by atoms with E-state index in [1.54, 1.807) is 50.5 Å². The molecule has 0 saturated carbocycles. The Morgan fingerprint density at radius 2 is 1.61 bits per heavy atom. The number of hydrogen-bond acceptors (Lipinski definition) is 5. The number of nitrogens with zero attached hydrogens (tertiary/aromatic N) is 1. The molecule has 10 heteroatoms. The summed E-state index contributed by atoms with van der Waals surface area (Å²) in [6.07, 6.45) is -1.53. The van der Waals surface area contributed by atoms with E-state index >= 15 is 0 Å². The number of benzene rings is 2. The zero-order valence-corrected chi connectivity index (χ0v) is 19.2. The fourth-order valence-corrected chi connectivity index (χ4v) is 4.97. The van der Waals surface area contributed by atoms with Crippen molar-refractivity contribution in [3.63, 3.8) is 0 Å². The maximum absolute atomic E-state index is 13.2. The summed E-state index contributed by atoms with van der Waals surface area (Å²) in [5.74, 6) is 0.350. The lowest BCUT2D eigenvalue weighted by atomic mass is 9.92. The van der Waals surface area contributed by atoms with Gasteiger partial charge in [0.05, 0.1) is 31.5 Å². The lowest BCUT2D eigenvalue weighted by molar-refractivity contribution is -0.137. The largest absolute Gasteiger partial charge is 0.495 e. The molecule has 0 fully saturated rings. The van der Waals surface area contributed by atoms with Gasteiger partial charge in [-0.1, -0.05) is 18.2 Å². The van der Waals surface area contributed by atoms with E-state index in [9.17, 15) is 21.6 Å². The fourth-order valence-electron chi connectivity index (χ4n) is 3.37. The molecule has 3 rings (SSSR count). The van der Waals surface area contributed by atoms with Crippen molar-refractivity contribution in [1.82, 2.24) is 9.71 Å². The van der Waals surface area contributed by atoms with E-state index in [0.29, 0.717) is 17.4 Å². The lowest BCUT2D eigenvalue weighted by Crippen LogP contribution is -2.41. The standard InChI is InChI=1S/C23H23F3N2O4S/c1-22(2,16-7-5-6-15(12-16)18-10-11-27-14-20(18)32-4)28-33(29,30)21-13-17(23(24,25)26)8-9-19(21)31-3/h5-14,28H,1-4H3. The number of ether oxygens (including phenoxy) is 2. The summed E-state index contributed by atoms with van der Waals surface area (Å²) in [4.78, 5) is 3.43. The summed E-state index contributed by atoms with van der Waals surface area (Å²) >= 11 is 0. The molecule has 0 atom stereocenters. The number of rotatable bonds is 7. The summed E-state index contributed by atoms with van der Waals surface area (Å²) in [5, 5.41) is 0. The van der Waals surface area contributed by atoms with Crippen LogP contribution in [0.3, 0.4) is 0 Å². The van der Waals surface area contributed by atoms with Gasteiger partial charge in [0.15, 0.2) is 0 Å². The van der Waals surface area contributed by atoms with E-state index in [4.69, 9.17) is 9.47 Å². The van der Waals surface area contributed by atoms with Gasteiger partial charge in [-0.15, -0.1) is 0 Å². The highest BCUT2D eigenvalue weighted by Gasteiger charge is 2.35. The fraction of sp³-hybridized carbons (Fsp3) is 0.261. The number of aromatic nitrogens is 1. The molecule has 6 nitrogen and oxygen atoms in total. The van der Waals surface area contributed by atoms with Crippen molar-refractivity contribution in [3.8, 4) is 22.6 Å². The smallest absolute Gasteiger partial charge is 0.416 e. The highest BCUT2D eigenvalue weighted by atomic mass is 32.2. The Kier molecular flexibility index (Phi) is 6.71. The Morgan fingerprint density at radius 1 is 0.909 bits per heavy atom. The van der Waals surface area contributed by atoms with E-state index in [1.807, 2.05) is 6.07 Å². The van der Waals surface area contributed by atoms with Gasteiger partial charge in [-0.2, -0.15) is 13.2 Å². The molecule has 0 bridgehead atoms. The molecule has 0 saturated heterocycles. The van der Waals surface area contributed by atoms with Crippen molar-refractivity contribution in [2.45, 2.75) is 30.5 Å². The van der Waals surface area contributed by atoms with Crippen molar-refractivity contribution in [3.05, 3.63) is 72.1 Å². The van der Waals surface area contributed by atoms with Crippen molar-refractivity contribution in [2.24, 2.45) is 0 Å². The highest BCUT2D eigenvalue weighted by Crippen LogP contribution is 2.36. The monoisotopic (exact) mass is 480 g/mol. The Labute approximate surface area is 190 Å². The molecule has 3 aromatic rings. The van der Waals surface area contributed by atoms with Crippen LogP contribution in [0.5, 0.6) is 11.5 Å². The van der Waals surface area contributed by atoms with Crippen LogP contribution in [-0.4, -0.2) is 27.6 Å². The SMILES string of the molecule is COc1cnccc1-c1cccc(C(C)(C)NS(=O)(=O)c2cc(C(F)(F)F)ccc2OC)c1. The quantitative estimate of drug-likeness (QED) is 0.515. The average molecular weight is 481 g/mol. The molecule has 1 N–H and O–H groups in total. The minimum atomic E-state index is -4.70. The number of pyridine rings is 1. The first-order chi connectivity index (χ1) is 15.4. The molecular formula is C23H23F3N2O4S. The molecule has 0 aliphatic carbocycles. The van der Waals surface area contributed by atoms with Gasteiger partial charge in [0.25, 0.3) is 0 Å². The molecule has 0 unspecified atom stereocenters. The van der Waals surface area contributed by atoms with E-state index in [2.05, 4.69) is 9.71 Å². The molecule has 176 valence electrons. The molecule has 0 amide bonds. The highest BCUT2D eigenvalue weighted by molar-refractivity contribution is 7.89. The second kappa shape index (κ2) is 9.03. The number of halogens is 3. The van der Waals surface area contributed by atoms with Gasteiger partial charge >= 0.3 is 6.18 Å². The zero-order chi connectivity index (χ0) is 24.4. The molecule has 1 heterocycles. The first kappa shape index (κ1) is 24.5. The van der Waals surface area contributed by atoms with Gasteiger partial charge in [-0.3, -0.25) is 4.98 Å². The predicted molar refractivity (Wildman–Crippen MR) is 118 cm³/mol. The van der Waals surface area contributed by atoms with Crippen LogP contribution in [0.25, 0.3) is 11.1 Å². The Balaban J connectivity index is 2.02. The number of sulfonamides is 1. The van der Waals surface area contributed by atoms with E-state index < -0.39 is 32.2 Å². The molecule has 0 radical (unpaired) electrons.